The monoisotopic (exact) mass is 502 g/mol. The molecule has 3 saturated heterocycles. The third-order valence-electron chi connectivity index (χ3n) is 8.08. The van der Waals surface area contributed by atoms with Crippen LogP contribution in [0.3, 0.4) is 0 Å². The maximum Gasteiger partial charge on any atom is 0.255 e. The lowest BCUT2D eigenvalue weighted by Crippen LogP contribution is -2.60. The second-order valence-corrected chi connectivity index (χ2v) is 11.7. The van der Waals surface area contributed by atoms with Gasteiger partial charge in [-0.2, -0.15) is 0 Å². The van der Waals surface area contributed by atoms with Crippen LogP contribution in [-0.4, -0.2) is 64.2 Å². The zero-order valence-corrected chi connectivity index (χ0v) is 22.0. The van der Waals surface area contributed by atoms with E-state index >= 15 is 0 Å². The van der Waals surface area contributed by atoms with Crippen LogP contribution in [-0.2, 0) is 9.59 Å². The Morgan fingerprint density at radius 1 is 1.14 bits per heavy atom. The SMILES string of the molecule is CC(C)[C@@H]1CC[C@@H](C)CC(=O)N2C[C@H]3C[C@@H](CN(C(=O)c4cncc(Cl)c4)C3)[C@@H]2CCCC(=O)N1. The average Bonchev–Trinajstić information content (AvgIpc) is 2.82. The summed E-state index contributed by atoms with van der Waals surface area (Å²) < 4.78 is 0. The van der Waals surface area contributed by atoms with E-state index in [1.807, 2.05) is 4.90 Å². The first-order valence-corrected chi connectivity index (χ1v) is 13.6. The molecule has 1 N–H and O–H groups in total. The summed E-state index contributed by atoms with van der Waals surface area (Å²) in [6.07, 6.45) is 8.50. The van der Waals surface area contributed by atoms with Crippen LogP contribution in [0.15, 0.2) is 18.5 Å². The Hall–Kier alpha value is -2.15. The van der Waals surface area contributed by atoms with Crippen molar-refractivity contribution in [3.05, 3.63) is 29.0 Å². The largest absolute Gasteiger partial charge is 0.353 e. The molecule has 0 spiro atoms. The zero-order valence-electron chi connectivity index (χ0n) is 21.2. The van der Waals surface area contributed by atoms with Crippen LogP contribution in [0, 0.1) is 23.7 Å². The Morgan fingerprint density at radius 2 is 1.94 bits per heavy atom. The van der Waals surface area contributed by atoms with Gasteiger partial charge in [-0.3, -0.25) is 19.4 Å². The van der Waals surface area contributed by atoms with Crippen LogP contribution in [0.1, 0.15) is 76.1 Å². The van der Waals surface area contributed by atoms with Gasteiger partial charge in [0.25, 0.3) is 5.91 Å². The molecule has 3 fully saturated rings. The predicted octanol–water partition coefficient (Wildman–Crippen LogP) is 4.16. The molecule has 5 atom stereocenters. The molecule has 3 aliphatic rings. The van der Waals surface area contributed by atoms with Crippen molar-refractivity contribution >= 4 is 29.3 Å². The van der Waals surface area contributed by atoms with Crippen molar-refractivity contribution in [3.8, 4) is 0 Å². The fourth-order valence-corrected chi connectivity index (χ4v) is 6.36. The lowest BCUT2D eigenvalue weighted by atomic mass is 9.77. The van der Waals surface area contributed by atoms with E-state index in [0.717, 1.165) is 32.1 Å². The van der Waals surface area contributed by atoms with Crippen molar-refractivity contribution in [2.45, 2.75) is 77.8 Å². The van der Waals surface area contributed by atoms with Crippen LogP contribution in [0.25, 0.3) is 0 Å². The maximum atomic E-state index is 13.5. The first-order chi connectivity index (χ1) is 16.7. The number of hydrogen-bond donors (Lipinski definition) is 1. The molecule has 35 heavy (non-hydrogen) atoms. The number of amides is 3. The van der Waals surface area contributed by atoms with Gasteiger partial charge in [-0.1, -0.05) is 32.4 Å². The molecular weight excluding hydrogens is 464 g/mol. The molecule has 192 valence electrons. The third-order valence-corrected chi connectivity index (χ3v) is 8.28. The van der Waals surface area contributed by atoms with E-state index in [-0.39, 0.29) is 47.6 Å². The number of aromatic nitrogens is 1. The Kier molecular flexibility index (Phi) is 8.35. The zero-order chi connectivity index (χ0) is 25.1. The molecule has 3 aliphatic heterocycles. The summed E-state index contributed by atoms with van der Waals surface area (Å²) >= 11 is 6.07. The highest BCUT2D eigenvalue weighted by atomic mass is 35.5. The third kappa shape index (κ3) is 6.35. The van der Waals surface area contributed by atoms with Gasteiger partial charge in [0.15, 0.2) is 0 Å². The minimum Gasteiger partial charge on any atom is -0.353 e. The fraction of sp³-hybridized carbons (Fsp3) is 0.704. The molecule has 0 unspecified atom stereocenters. The van der Waals surface area contributed by atoms with Crippen molar-refractivity contribution in [1.82, 2.24) is 20.1 Å². The number of carbonyl (C=O) groups excluding carboxylic acids is 3. The summed E-state index contributed by atoms with van der Waals surface area (Å²) in [4.78, 5) is 47.5. The van der Waals surface area contributed by atoms with E-state index in [4.69, 9.17) is 11.6 Å². The van der Waals surface area contributed by atoms with Gasteiger partial charge >= 0.3 is 0 Å². The minimum absolute atomic E-state index is 0.0492. The molecule has 0 aromatic carbocycles. The number of fused-ring (bicyclic) bond motifs is 4. The molecule has 3 amide bonds. The van der Waals surface area contributed by atoms with Crippen LogP contribution in [0.4, 0.5) is 0 Å². The van der Waals surface area contributed by atoms with Gasteiger partial charge in [0, 0.05) is 57.0 Å². The van der Waals surface area contributed by atoms with Crippen LogP contribution < -0.4 is 5.32 Å². The average molecular weight is 503 g/mol. The molecule has 2 bridgehead atoms. The second-order valence-electron chi connectivity index (χ2n) is 11.3. The fourth-order valence-electron chi connectivity index (χ4n) is 6.19. The molecule has 4 rings (SSSR count). The molecule has 4 heterocycles. The number of likely N-dealkylation sites (tertiary alicyclic amines) is 1. The number of hydrogen-bond acceptors (Lipinski definition) is 4. The van der Waals surface area contributed by atoms with Gasteiger partial charge in [-0.15, -0.1) is 0 Å². The normalized spacial score (nSPS) is 30.6. The number of pyridine rings is 1. The van der Waals surface area contributed by atoms with Gasteiger partial charge in [0.1, 0.15) is 0 Å². The second kappa shape index (κ2) is 11.3. The molecular formula is C27H39ClN4O3. The van der Waals surface area contributed by atoms with Gasteiger partial charge in [-0.25, -0.2) is 0 Å². The highest BCUT2D eigenvalue weighted by Crippen LogP contribution is 2.37. The molecule has 0 radical (unpaired) electrons. The van der Waals surface area contributed by atoms with Gasteiger partial charge < -0.3 is 15.1 Å². The standard InChI is InChI=1S/C27H39ClN4O3/c1-17(2)23-8-7-18(3)9-26(34)32-15-19-10-21(24(32)5-4-6-25(33)30-23)16-31(14-19)27(35)20-11-22(28)13-29-12-20/h11-13,17-19,21,23-24H,4-10,14-16H2,1-3H3,(H,30,33)/t18-,19+,21+,23+,24+/m1/s1. The topological polar surface area (TPSA) is 82.6 Å². The van der Waals surface area contributed by atoms with E-state index in [2.05, 4.69) is 36.0 Å². The van der Waals surface area contributed by atoms with Crippen LogP contribution in [0.5, 0.6) is 0 Å². The summed E-state index contributed by atoms with van der Waals surface area (Å²) in [6, 6.07) is 1.89. The van der Waals surface area contributed by atoms with E-state index in [9.17, 15) is 14.4 Å². The molecule has 0 saturated carbocycles. The number of carbonyl (C=O) groups is 3. The Labute approximate surface area is 214 Å². The van der Waals surface area contributed by atoms with Crippen molar-refractivity contribution in [2.75, 3.05) is 19.6 Å². The summed E-state index contributed by atoms with van der Waals surface area (Å²) in [5.41, 5.74) is 0.505. The number of halogens is 1. The van der Waals surface area contributed by atoms with Gasteiger partial charge in [-0.05, 0) is 61.8 Å². The molecule has 1 aromatic rings. The van der Waals surface area contributed by atoms with Crippen molar-refractivity contribution < 1.29 is 14.4 Å². The van der Waals surface area contributed by atoms with Crippen LogP contribution in [0.2, 0.25) is 5.02 Å². The predicted molar refractivity (Wildman–Crippen MR) is 136 cm³/mol. The Balaban J connectivity index is 1.51. The highest BCUT2D eigenvalue weighted by Gasteiger charge is 2.43. The summed E-state index contributed by atoms with van der Waals surface area (Å²) in [7, 11) is 0. The van der Waals surface area contributed by atoms with Gasteiger partial charge in [0.05, 0.1) is 10.6 Å². The lowest BCUT2D eigenvalue weighted by Gasteiger charge is -2.51. The highest BCUT2D eigenvalue weighted by molar-refractivity contribution is 6.30. The molecule has 0 aliphatic carbocycles. The number of nitrogens with zero attached hydrogens (tertiary/aromatic N) is 3. The quantitative estimate of drug-likeness (QED) is 0.658. The van der Waals surface area contributed by atoms with Crippen LogP contribution >= 0.6 is 11.6 Å². The van der Waals surface area contributed by atoms with E-state index < -0.39 is 0 Å². The molecule has 7 nitrogen and oxygen atoms in total. The summed E-state index contributed by atoms with van der Waals surface area (Å²) in [6.45, 7) is 8.39. The Morgan fingerprint density at radius 3 is 2.69 bits per heavy atom. The lowest BCUT2D eigenvalue weighted by molar-refractivity contribution is -0.141. The van der Waals surface area contributed by atoms with E-state index in [1.165, 1.54) is 6.20 Å². The number of rotatable bonds is 2. The Bertz CT molecular complexity index is 939. The summed E-state index contributed by atoms with van der Waals surface area (Å²) in [5, 5.41) is 3.69. The molecule has 8 heteroatoms. The van der Waals surface area contributed by atoms with Crippen molar-refractivity contribution in [1.29, 1.82) is 0 Å². The van der Waals surface area contributed by atoms with Crippen molar-refractivity contribution in [3.63, 3.8) is 0 Å². The number of nitrogens with one attached hydrogen (secondary N) is 1. The van der Waals surface area contributed by atoms with E-state index in [0.29, 0.717) is 49.0 Å². The smallest absolute Gasteiger partial charge is 0.255 e. The number of piperidine rings is 2. The minimum atomic E-state index is -0.0492. The van der Waals surface area contributed by atoms with Crippen molar-refractivity contribution in [2.24, 2.45) is 23.7 Å². The maximum absolute atomic E-state index is 13.5. The van der Waals surface area contributed by atoms with Gasteiger partial charge in [0.2, 0.25) is 11.8 Å². The molecule has 1 aromatic heterocycles. The van der Waals surface area contributed by atoms with E-state index in [1.54, 1.807) is 12.3 Å². The summed E-state index contributed by atoms with van der Waals surface area (Å²) in [5.74, 6) is 1.42. The first-order valence-electron chi connectivity index (χ1n) is 13.2. The first kappa shape index (κ1) is 25.9.